The van der Waals surface area contributed by atoms with E-state index in [1.807, 2.05) is 12.1 Å². The molecule has 1 aliphatic heterocycles. The second-order valence-corrected chi connectivity index (χ2v) is 5.72. The number of nitrogens with zero attached hydrogens (tertiary/aromatic N) is 2. The fourth-order valence-corrected chi connectivity index (χ4v) is 2.54. The third-order valence-electron chi connectivity index (χ3n) is 3.53. The average molecular weight is 299 g/mol. The van der Waals surface area contributed by atoms with Crippen molar-refractivity contribution in [2.24, 2.45) is 0 Å². The molecule has 0 radical (unpaired) electrons. The molecule has 1 N–H and O–H groups in total. The minimum Gasteiger partial charge on any atom is -0.389 e. The Hall–Kier alpha value is -0.450. The van der Waals surface area contributed by atoms with Crippen LogP contribution in [0.5, 0.6) is 0 Å². The van der Waals surface area contributed by atoms with Gasteiger partial charge in [0.1, 0.15) is 0 Å². The monoisotopic (exact) mass is 298 g/mol. The number of hydrogen-bond acceptors (Lipinski definition) is 3. The number of halogens is 1. The van der Waals surface area contributed by atoms with Crippen LogP contribution in [0.25, 0.3) is 0 Å². The van der Waals surface area contributed by atoms with Gasteiger partial charge in [-0.15, -0.1) is 0 Å². The molecule has 0 spiro atoms. The molecular formula is C13H19BrN2O. The molecule has 94 valence electrons. The standard InChI is InChI=1S/C13H19BrN2O/c1-2-16-7-5-13(17,6-8-16)9-12-4-3-11(14)10-15-12/h3-4,10,17H,2,5-9H2,1H3. The van der Waals surface area contributed by atoms with E-state index in [9.17, 15) is 5.11 Å². The van der Waals surface area contributed by atoms with E-state index in [1.54, 1.807) is 6.20 Å². The van der Waals surface area contributed by atoms with Gasteiger partial charge in [-0.2, -0.15) is 0 Å². The summed E-state index contributed by atoms with van der Waals surface area (Å²) in [6.45, 7) is 5.22. The molecule has 0 aromatic carbocycles. The smallest absolute Gasteiger partial charge is 0.0727 e. The Kier molecular flexibility index (Phi) is 4.17. The van der Waals surface area contributed by atoms with Crippen LogP contribution in [0.4, 0.5) is 0 Å². The molecule has 1 fully saturated rings. The molecule has 0 bridgehead atoms. The zero-order valence-corrected chi connectivity index (χ0v) is 11.8. The molecule has 1 saturated heterocycles. The van der Waals surface area contributed by atoms with E-state index in [0.29, 0.717) is 6.42 Å². The van der Waals surface area contributed by atoms with Gasteiger partial charge in [0.25, 0.3) is 0 Å². The lowest BCUT2D eigenvalue weighted by Crippen LogP contribution is -2.45. The van der Waals surface area contributed by atoms with Crippen molar-refractivity contribution in [3.8, 4) is 0 Å². The molecule has 17 heavy (non-hydrogen) atoms. The molecular weight excluding hydrogens is 280 g/mol. The summed E-state index contributed by atoms with van der Waals surface area (Å²) in [5.41, 5.74) is 0.410. The van der Waals surface area contributed by atoms with Crippen LogP contribution >= 0.6 is 15.9 Å². The molecule has 3 nitrogen and oxygen atoms in total. The fourth-order valence-electron chi connectivity index (χ4n) is 2.31. The van der Waals surface area contributed by atoms with Gasteiger partial charge < -0.3 is 10.0 Å². The molecule has 0 aliphatic carbocycles. The van der Waals surface area contributed by atoms with Crippen LogP contribution in [-0.2, 0) is 6.42 Å². The number of likely N-dealkylation sites (tertiary alicyclic amines) is 1. The van der Waals surface area contributed by atoms with Crippen LogP contribution < -0.4 is 0 Å². The van der Waals surface area contributed by atoms with E-state index in [2.05, 4.69) is 32.7 Å². The van der Waals surface area contributed by atoms with Crippen molar-refractivity contribution in [3.63, 3.8) is 0 Å². The first-order valence-corrected chi connectivity index (χ1v) is 6.96. The lowest BCUT2D eigenvalue weighted by Gasteiger charge is -2.37. The Morgan fingerprint density at radius 3 is 2.65 bits per heavy atom. The van der Waals surface area contributed by atoms with Gasteiger partial charge in [0, 0.05) is 35.9 Å². The van der Waals surface area contributed by atoms with Gasteiger partial charge in [0.15, 0.2) is 0 Å². The van der Waals surface area contributed by atoms with Gasteiger partial charge in [0.05, 0.1) is 5.60 Å². The second kappa shape index (κ2) is 5.46. The first-order chi connectivity index (χ1) is 8.11. The van der Waals surface area contributed by atoms with Crippen LogP contribution in [0.1, 0.15) is 25.5 Å². The van der Waals surface area contributed by atoms with Gasteiger partial charge in [0.2, 0.25) is 0 Å². The number of rotatable bonds is 3. The summed E-state index contributed by atoms with van der Waals surface area (Å²) < 4.78 is 0.981. The molecule has 0 unspecified atom stereocenters. The van der Waals surface area contributed by atoms with Gasteiger partial charge >= 0.3 is 0 Å². The number of aliphatic hydroxyl groups is 1. The van der Waals surface area contributed by atoms with Gasteiger partial charge in [-0.3, -0.25) is 4.98 Å². The van der Waals surface area contributed by atoms with Crippen molar-refractivity contribution < 1.29 is 5.11 Å². The van der Waals surface area contributed by atoms with Crippen LogP contribution in [0.3, 0.4) is 0 Å². The maximum Gasteiger partial charge on any atom is 0.0727 e. The topological polar surface area (TPSA) is 36.4 Å². The third-order valence-corrected chi connectivity index (χ3v) is 4.00. The van der Waals surface area contributed by atoms with Crippen LogP contribution in [-0.4, -0.2) is 40.2 Å². The summed E-state index contributed by atoms with van der Waals surface area (Å²) >= 11 is 3.37. The molecule has 2 heterocycles. The van der Waals surface area contributed by atoms with Crippen LogP contribution in [0, 0.1) is 0 Å². The Morgan fingerprint density at radius 2 is 2.12 bits per heavy atom. The van der Waals surface area contributed by atoms with E-state index in [0.717, 1.165) is 42.6 Å². The maximum absolute atomic E-state index is 10.5. The van der Waals surface area contributed by atoms with E-state index >= 15 is 0 Å². The summed E-state index contributed by atoms with van der Waals surface area (Å²) in [4.78, 5) is 6.71. The number of piperidine rings is 1. The molecule has 0 atom stereocenters. The first-order valence-electron chi connectivity index (χ1n) is 6.16. The highest BCUT2D eigenvalue weighted by Gasteiger charge is 2.32. The van der Waals surface area contributed by atoms with E-state index in [1.165, 1.54) is 0 Å². The normalized spacial score (nSPS) is 20.4. The minimum absolute atomic E-state index is 0.563. The quantitative estimate of drug-likeness (QED) is 0.930. The number of pyridine rings is 1. The van der Waals surface area contributed by atoms with Crippen LogP contribution in [0.2, 0.25) is 0 Å². The number of aromatic nitrogens is 1. The van der Waals surface area contributed by atoms with Crippen molar-refractivity contribution >= 4 is 15.9 Å². The molecule has 0 amide bonds. The summed E-state index contributed by atoms with van der Waals surface area (Å²) in [6.07, 6.45) is 4.15. The first kappa shape index (κ1) is 13.0. The summed E-state index contributed by atoms with van der Waals surface area (Å²) in [6, 6.07) is 3.96. The molecule has 1 aromatic rings. The van der Waals surface area contributed by atoms with Gasteiger partial charge in [-0.05, 0) is 47.4 Å². The van der Waals surface area contributed by atoms with Crippen molar-refractivity contribution in [1.82, 2.24) is 9.88 Å². The Labute approximate surface area is 111 Å². The van der Waals surface area contributed by atoms with E-state index in [-0.39, 0.29) is 0 Å². The molecule has 1 aromatic heterocycles. The summed E-state index contributed by atoms with van der Waals surface area (Å²) in [7, 11) is 0. The number of hydrogen-bond donors (Lipinski definition) is 1. The highest BCUT2D eigenvalue weighted by molar-refractivity contribution is 9.10. The van der Waals surface area contributed by atoms with E-state index in [4.69, 9.17) is 0 Å². The highest BCUT2D eigenvalue weighted by atomic mass is 79.9. The average Bonchev–Trinajstić information content (AvgIpc) is 2.33. The van der Waals surface area contributed by atoms with Gasteiger partial charge in [-0.1, -0.05) is 6.92 Å². The van der Waals surface area contributed by atoms with Crippen molar-refractivity contribution in [2.75, 3.05) is 19.6 Å². The van der Waals surface area contributed by atoms with Gasteiger partial charge in [-0.25, -0.2) is 0 Å². The second-order valence-electron chi connectivity index (χ2n) is 4.80. The molecule has 0 saturated carbocycles. The molecule has 2 rings (SSSR count). The van der Waals surface area contributed by atoms with E-state index < -0.39 is 5.60 Å². The Morgan fingerprint density at radius 1 is 1.41 bits per heavy atom. The fraction of sp³-hybridized carbons (Fsp3) is 0.615. The highest BCUT2D eigenvalue weighted by Crippen LogP contribution is 2.25. The predicted molar refractivity (Wildman–Crippen MR) is 71.9 cm³/mol. The largest absolute Gasteiger partial charge is 0.389 e. The van der Waals surface area contributed by atoms with Crippen molar-refractivity contribution in [1.29, 1.82) is 0 Å². The lowest BCUT2D eigenvalue weighted by molar-refractivity contribution is -0.0201. The Bertz CT molecular complexity index is 358. The molecule has 4 heteroatoms. The minimum atomic E-state index is -0.563. The maximum atomic E-state index is 10.5. The lowest BCUT2D eigenvalue weighted by atomic mass is 9.87. The zero-order valence-electron chi connectivity index (χ0n) is 10.2. The molecule has 1 aliphatic rings. The SMILES string of the molecule is CCN1CCC(O)(Cc2ccc(Br)cn2)CC1. The third kappa shape index (κ3) is 3.50. The van der Waals surface area contributed by atoms with Crippen molar-refractivity contribution in [2.45, 2.75) is 31.8 Å². The summed E-state index contributed by atoms with van der Waals surface area (Å²) in [5, 5.41) is 10.5. The summed E-state index contributed by atoms with van der Waals surface area (Å²) in [5.74, 6) is 0. The zero-order chi connectivity index (χ0) is 12.3. The Balaban J connectivity index is 1.96. The predicted octanol–water partition coefficient (Wildman–Crippen LogP) is 2.23. The van der Waals surface area contributed by atoms with Crippen molar-refractivity contribution in [3.05, 3.63) is 28.5 Å². The van der Waals surface area contributed by atoms with Crippen LogP contribution in [0.15, 0.2) is 22.8 Å².